The quantitative estimate of drug-likeness (QED) is 0.231. The Labute approximate surface area is 266 Å². The molecule has 4 aromatic rings. The van der Waals surface area contributed by atoms with Crippen LogP contribution < -0.4 is 20.7 Å². The Morgan fingerprint density at radius 1 is 0.891 bits per heavy atom. The van der Waals surface area contributed by atoms with Crippen molar-refractivity contribution < 1.29 is 23.9 Å². The highest BCUT2D eigenvalue weighted by molar-refractivity contribution is 6.22. The maximum atomic E-state index is 13.3. The van der Waals surface area contributed by atoms with Crippen LogP contribution in [0.5, 0.6) is 5.75 Å². The standard InChI is InChI=1S/C35H36N6O5/c1-24-21-27(29-9-5-6-10-30(29)37-24)15-20-46-28-13-11-26(12-14-28)31(42)36-23-35(32(43)38-34(45)39-33(35)44)41-18-16-40(17-19-41)22-25-7-3-2-4-8-25/h2-14,21H,15-20,22-23H2,1H3,(H,36,42)(H2,38,39,43,44,45). The maximum absolute atomic E-state index is 13.3. The predicted octanol–water partition coefficient (Wildman–Crippen LogP) is 2.82. The third kappa shape index (κ3) is 6.60. The number of nitrogens with zero attached hydrogens (tertiary/aromatic N) is 3. The summed E-state index contributed by atoms with van der Waals surface area (Å²) < 4.78 is 5.97. The molecule has 11 heteroatoms. The molecule has 5 amide bonds. The highest BCUT2D eigenvalue weighted by Crippen LogP contribution is 2.23. The van der Waals surface area contributed by atoms with Crippen molar-refractivity contribution in [3.8, 4) is 5.75 Å². The zero-order valence-corrected chi connectivity index (χ0v) is 25.6. The third-order valence-corrected chi connectivity index (χ3v) is 8.56. The molecule has 2 saturated heterocycles. The molecule has 0 spiro atoms. The van der Waals surface area contributed by atoms with Crippen LogP contribution in [0.3, 0.4) is 0 Å². The molecule has 6 rings (SSSR count). The molecule has 46 heavy (non-hydrogen) atoms. The van der Waals surface area contributed by atoms with Gasteiger partial charge in [0.2, 0.25) is 0 Å². The van der Waals surface area contributed by atoms with Gasteiger partial charge in [-0.05, 0) is 54.4 Å². The molecule has 0 atom stereocenters. The van der Waals surface area contributed by atoms with E-state index in [9.17, 15) is 19.2 Å². The minimum Gasteiger partial charge on any atom is -0.493 e. The molecule has 3 N–H and O–H groups in total. The number of fused-ring (bicyclic) bond motifs is 1. The molecule has 2 aliphatic rings. The van der Waals surface area contributed by atoms with Crippen molar-refractivity contribution in [2.75, 3.05) is 39.3 Å². The monoisotopic (exact) mass is 620 g/mol. The maximum Gasteiger partial charge on any atom is 0.328 e. The smallest absolute Gasteiger partial charge is 0.328 e. The molecule has 0 radical (unpaired) electrons. The number of hydrogen-bond acceptors (Lipinski definition) is 8. The summed E-state index contributed by atoms with van der Waals surface area (Å²) in [7, 11) is 0. The van der Waals surface area contributed by atoms with Crippen molar-refractivity contribution in [1.29, 1.82) is 0 Å². The van der Waals surface area contributed by atoms with E-state index in [1.807, 2.05) is 43.3 Å². The lowest BCUT2D eigenvalue weighted by Crippen LogP contribution is -2.77. The summed E-state index contributed by atoms with van der Waals surface area (Å²) in [5.41, 5.74) is 2.81. The minimum atomic E-state index is -1.76. The number of rotatable bonds is 10. The van der Waals surface area contributed by atoms with Crippen molar-refractivity contribution in [2.24, 2.45) is 0 Å². The number of para-hydroxylation sites is 1. The number of aryl methyl sites for hydroxylation is 1. The van der Waals surface area contributed by atoms with Crippen LogP contribution in [0.1, 0.15) is 27.2 Å². The van der Waals surface area contributed by atoms with E-state index in [1.54, 1.807) is 29.2 Å². The number of imide groups is 2. The van der Waals surface area contributed by atoms with Gasteiger partial charge in [-0.15, -0.1) is 0 Å². The van der Waals surface area contributed by atoms with E-state index in [-0.39, 0.29) is 6.54 Å². The van der Waals surface area contributed by atoms with Crippen LogP contribution >= 0.6 is 0 Å². The van der Waals surface area contributed by atoms with E-state index in [4.69, 9.17) is 4.74 Å². The SMILES string of the molecule is Cc1cc(CCOc2ccc(C(=O)NCC3(N4CCN(Cc5ccccc5)CC4)C(=O)NC(=O)NC3=O)cc2)c2ccccc2n1. The number of hydrogen-bond donors (Lipinski definition) is 3. The first-order valence-corrected chi connectivity index (χ1v) is 15.4. The molecule has 3 heterocycles. The number of pyridine rings is 1. The Morgan fingerprint density at radius 3 is 2.28 bits per heavy atom. The molecule has 1 aromatic heterocycles. The van der Waals surface area contributed by atoms with Crippen LogP contribution in [0.15, 0.2) is 84.9 Å². The fraction of sp³-hybridized carbons (Fsp3) is 0.286. The highest BCUT2D eigenvalue weighted by atomic mass is 16.5. The predicted molar refractivity (Wildman–Crippen MR) is 172 cm³/mol. The van der Waals surface area contributed by atoms with Gasteiger partial charge in [0.05, 0.1) is 18.7 Å². The highest BCUT2D eigenvalue weighted by Gasteiger charge is 2.55. The van der Waals surface area contributed by atoms with Crippen molar-refractivity contribution >= 4 is 34.7 Å². The van der Waals surface area contributed by atoms with Gasteiger partial charge in [-0.25, -0.2) is 4.79 Å². The first-order valence-electron chi connectivity index (χ1n) is 15.4. The molecule has 2 aliphatic heterocycles. The lowest BCUT2D eigenvalue weighted by molar-refractivity contribution is -0.148. The fourth-order valence-electron chi connectivity index (χ4n) is 6.13. The van der Waals surface area contributed by atoms with Crippen molar-refractivity contribution in [2.45, 2.75) is 25.4 Å². The molecule has 0 saturated carbocycles. The number of piperazine rings is 1. The molecule has 236 valence electrons. The second kappa shape index (κ2) is 13.5. The second-order valence-electron chi connectivity index (χ2n) is 11.6. The van der Waals surface area contributed by atoms with Crippen LogP contribution in [0.2, 0.25) is 0 Å². The summed E-state index contributed by atoms with van der Waals surface area (Å²) in [5.74, 6) is -1.34. The van der Waals surface area contributed by atoms with Gasteiger partial charge in [-0.1, -0.05) is 48.5 Å². The number of urea groups is 1. The van der Waals surface area contributed by atoms with E-state index in [0.717, 1.165) is 28.7 Å². The lowest BCUT2D eigenvalue weighted by atomic mass is 9.91. The Morgan fingerprint density at radius 2 is 1.57 bits per heavy atom. The largest absolute Gasteiger partial charge is 0.493 e. The molecule has 11 nitrogen and oxygen atoms in total. The summed E-state index contributed by atoms with van der Waals surface area (Å²) >= 11 is 0. The number of carbonyl (C=O) groups excluding carboxylic acids is 4. The lowest BCUT2D eigenvalue weighted by Gasteiger charge is -2.46. The fourth-order valence-corrected chi connectivity index (χ4v) is 6.13. The Kier molecular flexibility index (Phi) is 9.04. The average Bonchev–Trinajstić information content (AvgIpc) is 3.05. The molecule has 0 aliphatic carbocycles. The van der Waals surface area contributed by atoms with Gasteiger partial charge in [-0.3, -0.25) is 39.8 Å². The molecule has 0 bridgehead atoms. The number of benzene rings is 3. The summed E-state index contributed by atoms with van der Waals surface area (Å²) in [6.45, 7) is 4.89. The normalized spacial score (nSPS) is 16.9. The van der Waals surface area contributed by atoms with Crippen molar-refractivity contribution in [3.05, 3.63) is 107 Å². The van der Waals surface area contributed by atoms with Crippen LogP contribution in [0.25, 0.3) is 10.9 Å². The number of aromatic nitrogens is 1. The van der Waals surface area contributed by atoms with E-state index < -0.39 is 29.3 Å². The number of nitrogens with one attached hydrogen (secondary N) is 3. The topological polar surface area (TPSA) is 133 Å². The third-order valence-electron chi connectivity index (χ3n) is 8.56. The molecular formula is C35H36N6O5. The van der Waals surface area contributed by atoms with Crippen LogP contribution in [-0.2, 0) is 22.6 Å². The molecule has 2 fully saturated rings. The van der Waals surface area contributed by atoms with E-state index in [1.165, 1.54) is 5.56 Å². The van der Waals surface area contributed by atoms with Crippen molar-refractivity contribution in [3.63, 3.8) is 0 Å². The van der Waals surface area contributed by atoms with Crippen molar-refractivity contribution in [1.82, 2.24) is 30.7 Å². The van der Waals surface area contributed by atoms with Gasteiger partial charge in [0.1, 0.15) is 5.75 Å². The Bertz CT molecular complexity index is 1730. The van der Waals surface area contributed by atoms with Gasteiger partial charge in [-0.2, -0.15) is 0 Å². The Hall–Kier alpha value is -5.13. The Balaban J connectivity index is 1.07. The van der Waals surface area contributed by atoms with E-state index in [2.05, 4.69) is 50.1 Å². The zero-order chi connectivity index (χ0) is 32.1. The summed E-state index contributed by atoms with van der Waals surface area (Å²) in [4.78, 5) is 60.3. The van der Waals surface area contributed by atoms with Crippen LogP contribution in [0.4, 0.5) is 4.79 Å². The zero-order valence-electron chi connectivity index (χ0n) is 25.6. The summed E-state index contributed by atoms with van der Waals surface area (Å²) in [6.07, 6.45) is 0.696. The minimum absolute atomic E-state index is 0.299. The van der Waals surface area contributed by atoms with Gasteiger partial charge in [0.25, 0.3) is 17.7 Å². The van der Waals surface area contributed by atoms with E-state index >= 15 is 0 Å². The number of barbiturate groups is 1. The van der Waals surface area contributed by atoms with Gasteiger partial charge >= 0.3 is 6.03 Å². The molecular weight excluding hydrogens is 584 g/mol. The first kappa shape index (κ1) is 30.9. The van der Waals surface area contributed by atoms with Gasteiger partial charge < -0.3 is 10.1 Å². The molecule has 3 aromatic carbocycles. The first-order chi connectivity index (χ1) is 22.3. The number of carbonyl (C=O) groups is 4. The summed E-state index contributed by atoms with van der Waals surface area (Å²) in [5, 5.41) is 8.32. The average molecular weight is 621 g/mol. The molecule has 0 unspecified atom stereocenters. The second-order valence-corrected chi connectivity index (χ2v) is 11.6. The summed E-state index contributed by atoms with van der Waals surface area (Å²) in [6, 6.07) is 26.0. The van der Waals surface area contributed by atoms with E-state index in [0.29, 0.717) is 50.5 Å². The number of amides is 5. The van der Waals surface area contributed by atoms with Crippen LogP contribution in [-0.4, -0.2) is 83.4 Å². The van der Waals surface area contributed by atoms with Crippen LogP contribution in [0, 0.1) is 6.92 Å². The van der Waals surface area contributed by atoms with Gasteiger partial charge in [0.15, 0.2) is 5.54 Å². The number of ether oxygens (including phenoxy) is 1. The van der Waals surface area contributed by atoms with Gasteiger partial charge in [0, 0.05) is 55.8 Å².